The Labute approximate surface area is 112 Å². The molecule has 18 heavy (non-hydrogen) atoms. The fourth-order valence-corrected chi connectivity index (χ4v) is 8.44. The van der Waals surface area contributed by atoms with Crippen LogP contribution in [-0.4, -0.2) is 20.8 Å². The highest BCUT2D eigenvalue weighted by Gasteiger charge is 2.44. The largest absolute Gasteiger partial charge is 0.353 e. The normalized spacial score (nSPS) is 33.3. The molecule has 0 bridgehead atoms. The molecule has 0 fully saturated rings. The van der Waals surface area contributed by atoms with Crippen molar-refractivity contribution in [2.75, 3.05) is 6.61 Å². The summed E-state index contributed by atoms with van der Waals surface area (Å²) in [7, 11) is -4.72. The molecule has 1 aliphatic rings. The first-order chi connectivity index (χ1) is 8.24. The van der Waals surface area contributed by atoms with Gasteiger partial charge in [-0.25, -0.2) is 0 Å². The van der Waals surface area contributed by atoms with Crippen LogP contribution in [0, 0.1) is 5.92 Å². The van der Waals surface area contributed by atoms with E-state index in [1.807, 2.05) is 6.92 Å². The van der Waals surface area contributed by atoms with E-state index in [4.69, 9.17) is 9.05 Å². The molecule has 0 spiro atoms. The Balaban J connectivity index is 3.12. The van der Waals surface area contributed by atoms with Crippen molar-refractivity contribution in [2.45, 2.75) is 59.4 Å². The van der Waals surface area contributed by atoms with Crippen molar-refractivity contribution >= 4 is 15.7 Å². The molecule has 0 aliphatic carbocycles. The zero-order valence-corrected chi connectivity index (χ0v) is 14.4. The highest BCUT2D eigenvalue weighted by atomic mass is 31.2. The van der Waals surface area contributed by atoms with Crippen LogP contribution in [0.25, 0.3) is 0 Å². The summed E-state index contributed by atoms with van der Waals surface area (Å²) in [6.07, 6.45) is 4.18. The molecule has 3 atom stereocenters. The maximum atomic E-state index is 13.0. The predicted octanol–water partition coefficient (Wildman–Crippen LogP) is 4.81. The lowest BCUT2D eigenvalue weighted by Gasteiger charge is -2.37. The van der Waals surface area contributed by atoms with Gasteiger partial charge in [-0.3, -0.25) is 4.57 Å². The van der Waals surface area contributed by atoms with Gasteiger partial charge in [-0.15, -0.1) is 0 Å². The molecule has 1 rings (SSSR count). The lowest BCUT2D eigenvalue weighted by Crippen LogP contribution is -2.33. The van der Waals surface area contributed by atoms with Gasteiger partial charge in [0, 0.05) is 10.9 Å². The zero-order chi connectivity index (χ0) is 14.0. The molecule has 0 saturated heterocycles. The summed E-state index contributed by atoms with van der Waals surface area (Å²) in [5.41, 5.74) is 0. The quantitative estimate of drug-likeness (QED) is 0.538. The summed E-state index contributed by atoms with van der Waals surface area (Å²) in [5, 5.41) is 0. The van der Waals surface area contributed by atoms with Gasteiger partial charge in [-0.2, -0.15) is 0 Å². The minimum atomic E-state index is -3.05. The molecule has 0 N–H and O–H groups in total. The minimum absolute atomic E-state index is 0.0347. The first kappa shape index (κ1) is 16.2. The standard InChI is InChI=1S/C13H27O3PSi/c1-7-9-12-11(3)10-13(18(4,5)6)17(14,16-12)15-8-2/h10-12H,7-9H2,1-6H3/t11?,12-,17?/m1/s1. The maximum Gasteiger partial charge on any atom is 0.353 e. The zero-order valence-electron chi connectivity index (χ0n) is 12.5. The summed E-state index contributed by atoms with van der Waals surface area (Å²) >= 11 is 0. The minimum Gasteiger partial charge on any atom is -0.306 e. The molecule has 1 aliphatic heterocycles. The first-order valence-electron chi connectivity index (χ1n) is 6.90. The van der Waals surface area contributed by atoms with Crippen molar-refractivity contribution in [1.29, 1.82) is 0 Å². The van der Waals surface area contributed by atoms with Crippen molar-refractivity contribution in [2.24, 2.45) is 5.92 Å². The Morgan fingerprint density at radius 1 is 1.39 bits per heavy atom. The Hall–Kier alpha value is 0.107. The van der Waals surface area contributed by atoms with Crippen LogP contribution in [0.5, 0.6) is 0 Å². The summed E-state index contributed by atoms with van der Waals surface area (Å²) < 4.78 is 24.4. The third kappa shape index (κ3) is 3.57. The Morgan fingerprint density at radius 3 is 2.44 bits per heavy atom. The fraction of sp³-hybridized carbons (Fsp3) is 0.846. The van der Waals surface area contributed by atoms with Crippen LogP contribution in [-0.2, 0) is 13.6 Å². The van der Waals surface area contributed by atoms with E-state index in [1.54, 1.807) is 0 Å². The second kappa shape index (κ2) is 6.04. The summed E-state index contributed by atoms with van der Waals surface area (Å²) in [5.74, 6) is 0.328. The van der Waals surface area contributed by atoms with Gasteiger partial charge in [-0.05, 0) is 13.3 Å². The molecule has 106 valence electrons. The highest BCUT2D eigenvalue weighted by molar-refractivity contribution is 7.62. The molecular formula is C13H27O3PSi. The fourth-order valence-electron chi connectivity index (χ4n) is 2.31. The van der Waals surface area contributed by atoms with Gasteiger partial charge in [0.15, 0.2) is 0 Å². The lowest BCUT2D eigenvalue weighted by molar-refractivity contribution is 0.114. The molecule has 0 aromatic carbocycles. The summed E-state index contributed by atoms with van der Waals surface area (Å²) in [6, 6.07) is 0. The van der Waals surface area contributed by atoms with E-state index in [0.717, 1.165) is 17.8 Å². The summed E-state index contributed by atoms with van der Waals surface area (Å²) in [4.78, 5) is 0.969. The van der Waals surface area contributed by atoms with Crippen LogP contribution in [0.1, 0.15) is 33.6 Å². The first-order valence-corrected chi connectivity index (χ1v) is 11.9. The van der Waals surface area contributed by atoms with E-state index >= 15 is 0 Å². The number of hydrogen-bond donors (Lipinski definition) is 0. The number of rotatable bonds is 5. The van der Waals surface area contributed by atoms with E-state index in [0.29, 0.717) is 12.5 Å². The monoisotopic (exact) mass is 290 g/mol. The lowest BCUT2D eigenvalue weighted by atomic mass is 10.0. The molecule has 2 unspecified atom stereocenters. The van der Waals surface area contributed by atoms with Crippen LogP contribution in [0.3, 0.4) is 0 Å². The molecule has 0 aromatic rings. The Morgan fingerprint density at radius 2 is 2.00 bits per heavy atom. The predicted molar refractivity (Wildman–Crippen MR) is 79.6 cm³/mol. The number of hydrogen-bond acceptors (Lipinski definition) is 3. The second-order valence-corrected chi connectivity index (χ2v) is 13.4. The van der Waals surface area contributed by atoms with Crippen molar-refractivity contribution in [1.82, 2.24) is 0 Å². The van der Waals surface area contributed by atoms with E-state index in [1.165, 1.54) is 0 Å². The third-order valence-corrected chi connectivity index (χ3v) is 9.64. The van der Waals surface area contributed by atoms with Crippen LogP contribution >= 0.6 is 7.60 Å². The Kier molecular flexibility index (Phi) is 5.42. The van der Waals surface area contributed by atoms with E-state index in [9.17, 15) is 4.57 Å². The third-order valence-electron chi connectivity index (χ3n) is 3.22. The Bertz CT molecular complexity index is 360. The molecule has 1 heterocycles. The summed E-state index contributed by atoms with van der Waals surface area (Å²) in [6.45, 7) is 13.2. The molecule has 0 saturated carbocycles. The van der Waals surface area contributed by atoms with E-state index in [-0.39, 0.29) is 6.10 Å². The van der Waals surface area contributed by atoms with Crippen molar-refractivity contribution < 1.29 is 13.6 Å². The van der Waals surface area contributed by atoms with Gasteiger partial charge < -0.3 is 9.05 Å². The topological polar surface area (TPSA) is 35.5 Å². The molecular weight excluding hydrogens is 263 g/mol. The molecule has 5 heteroatoms. The van der Waals surface area contributed by atoms with Crippen LogP contribution < -0.4 is 0 Å². The second-order valence-electron chi connectivity index (χ2n) is 6.01. The van der Waals surface area contributed by atoms with Crippen LogP contribution in [0.4, 0.5) is 0 Å². The van der Waals surface area contributed by atoms with Crippen molar-refractivity contribution in [3.63, 3.8) is 0 Å². The molecule has 3 nitrogen and oxygen atoms in total. The van der Waals surface area contributed by atoms with E-state index < -0.39 is 15.7 Å². The molecule has 0 aromatic heterocycles. The molecule has 0 radical (unpaired) electrons. The van der Waals surface area contributed by atoms with Crippen molar-refractivity contribution in [3.05, 3.63) is 11.0 Å². The van der Waals surface area contributed by atoms with Gasteiger partial charge in [-0.1, -0.05) is 46.0 Å². The maximum absolute atomic E-state index is 13.0. The van der Waals surface area contributed by atoms with Gasteiger partial charge in [0.1, 0.15) is 0 Å². The average molecular weight is 290 g/mol. The SMILES string of the molecule is CCC[C@H]1OP(=O)(OCC)C([Si](C)(C)C)=CC1C. The van der Waals surface area contributed by atoms with E-state index in [2.05, 4.69) is 39.6 Å². The average Bonchev–Trinajstić information content (AvgIpc) is 2.22. The van der Waals surface area contributed by atoms with Gasteiger partial charge >= 0.3 is 7.60 Å². The highest BCUT2D eigenvalue weighted by Crippen LogP contribution is 2.63. The smallest absolute Gasteiger partial charge is 0.306 e. The molecule has 0 amide bonds. The van der Waals surface area contributed by atoms with Gasteiger partial charge in [0.2, 0.25) is 0 Å². The van der Waals surface area contributed by atoms with Gasteiger partial charge in [0.05, 0.1) is 20.8 Å². The van der Waals surface area contributed by atoms with Crippen LogP contribution in [0.15, 0.2) is 11.0 Å². The van der Waals surface area contributed by atoms with Gasteiger partial charge in [0.25, 0.3) is 0 Å². The van der Waals surface area contributed by atoms with Crippen LogP contribution in [0.2, 0.25) is 19.6 Å². The van der Waals surface area contributed by atoms with Crippen molar-refractivity contribution in [3.8, 4) is 0 Å².